The zero-order valence-corrected chi connectivity index (χ0v) is 16.7. The first-order valence-corrected chi connectivity index (χ1v) is 9.92. The summed E-state index contributed by atoms with van der Waals surface area (Å²) < 4.78 is 0. The summed E-state index contributed by atoms with van der Waals surface area (Å²) in [4.78, 5) is 18.7. The molecular weight excluding hydrogens is 324 g/mol. The predicted octanol–water partition coefficient (Wildman–Crippen LogP) is 2.99. The minimum Gasteiger partial charge on any atom is -0.357 e. The van der Waals surface area contributed by atoms with Crippen molar-refractivity contribution in [2.45, 2.75) is 52.5 Å². The van der Waals surface area contributed by atoms with Gasteiger partial charge in [-0.05, 0) is 24.8 Å². The molecule has 2 unspecified atom stereocenters. The quantitative estimate of drug-likeness (QED) is 0.582. The second kappa shape index (κ2) is 10.2. The van der Waals surface area contributed by atoms with Gasteiger partial charge in [-0.1, -0.05) is 51.1 Å². The molecule has 1 amide bonds. The van der Waals surface area contributed by atoms with Gasteiger partial charge in [0.2, 0.25) is 5.91 Å². The Morgan fingerprint density at radius 2 is 2.00 bits per heavy atom. The van der Waals surface area contributed by atoms with E-state index >= 15 is 0 Å². The van der Waals surface area contributed by atoms with E-state index in [0.717, 1.165) is 38.6 Å². The van der Waals surface area contributed by atoms with Gasteiger partial charge in [0.15, 0.2) is 5.96 Å². The minimum absolute atomic E-state index is 0.236. The van der Waals surface area contributed by atoms with Gasteiger partial charge in [0, 0.05) is 44.6 Å². The maximum absolute atomic E-state index is 11.9. The third-order valence-electron chi connectivity index (χ3n) is 5.01. The summed E-state index contributed by atoms with van der Waals surface area (Å²) in [6.45, 7) is 11.7. The summed E-state index contributed by atoms with van der Waals surface area (Å²) in [5.74, 6) is 2.01. The van der Waals surface area contributed by atoms with E-state index < -0.39 is 0 Å². The largest absolute Gasteiger partial charge is 0.357 e. The lowest BCUT2D eigenvalue weighted by Gasteiger charge is -2.22. The second-order valence-corrected chi connectivity index (χ2v) is 7.30. The lowest BCUT2D eigenvalue weighted by Crippen LogP contribution is -2.45. The van der Waals surface area contributed by atoms with Crippen molar-refractivity contribution in [2.24, 2.45) is 10.9 Å². The van der Waals surface area contributed by atoms with Crippen LogP contribution in [-0.4, -0.2) is 49.0 Å². The van der Waals surface area contributed by atoms with Crippen LogP contribution in [-0.2, 0) is 4.79 Å². The number of likely N-dealkylation sites (tertiary alicyclic amines) is 1. The van der Waals surface area contributed by atoms with Crippen molar-refractivity contribution in [3.05, 3.63) is 35.9 Å². The summed E-state index contributed by atoms with van der Waals surface area (Å²) in [5.41, 5.74) is 1.34. The van der Waals surface area contributed by atoms with Crippen LogP contribution in [0.25, 0.3) is 0 Å². The van der Waals surface area contributed by atoms with Crippen LogP contribution < -0.4 is 10.6 Å². The van der Waals surface area contributed by atoms with Gasteiger partial charge in [-0.2, -0.15) is 0 Å². The Morgan fingerprint density at radius 1 is 1.27 bits per heavy atom. The average molecular weight is 359 g/mol. The maximum Gasteiger partial charge on any atom is 0.222 e. The van der Waals surface area contributed by atoms with Crippen molar-refractivity contribution >= 4 is 11.9 Å². The van der Waals surface area contributed by atoms with Crippen LogP contribution in [0.2, 0.25) is 0 Å². The molecule has 5 heteroatoms. The Hall–Kier alpha value is -2.04. The van der Waals surface area contributed by atoms with Crippen molar-refractivity contribution in [1.29, 1.82) is 0 Å². The van der Waals surface area contributed by atoms with E-state index in [9.17, 15) is 4.79 Å². The van der Waals surface area contributed by atoms with Crippen molar-refractivity contribution in [2.75, 3.05) is 26.2 Å². The molecule has 0 saturated carbocycles. The Balaban J connectivity index is 2.00. The van der Waals surface area contributed by atoms with Gasteiger partial charge in [-0.3, -0.25) is 9.79 Å². The van der Waals surface area contributed by atoms with Gasteiger partial charge in [0.05, 0.1) is 0 Å². The first-order valence-electron chi connectivity index (χ1n) is 9.92. The molecule has 0 bridgehead atoms. The smallest absolute Gasteiger partial charge is 0.222 e. The minimum atomic E-state index is 0.236. The Kier molecular flexibility index (Phi) is 7.95. The van der Waals surface area contributed by atoms with E-state index in [-0.39, 0.29) is 11.9 Å². The molecule has 1 fully saturated rings. The van der Waals surface area contributed by atoms with Crippen LogP contribution in [0.15, 0.2) is 35.3 Å². The lowest BCUT2D eigenvalue weighted by atomic mass is 9.88. The molecule has 1 aromatic carbocycles. The topological polar surface area (TPSA) is 56.7 Å². The molecular formula is C21H34N4O. The van der Waals surface area contributed by atoms with Crippen LogP contribution in [0.4, 0.5) is 0 Å². The van der Waals surface area contributed by atoms with E-state index in [1.165, 1.54) is 5.56 Å². The second-order valence-electron chi connectivity index (χ2n) is 7.30. The number of benzene rings is 1. The number of hydrogen-bond donors (Lipinski definition) is 2. The highest BCUT2D eigenvalue weighted by molar-refractivity contribution is 5.80. The van der Waals surface area contributed by atoms with Gasteiger partial charge < -0.3 is 15.5 Å². The predicted molar refractivity (Wildman–Crippen MR) is 108 cm³/mol. The van der Waals surface area contributed by atoms with Crippen LogP contribution in [0.5, 0.6) is 0 Å². The van der Waals surface area contributed by atoms with Gasteiger partial charge in [0.1, 0.15) is 0 Å². The molecule has 5 nitrogen and oxygen atoms in total. The number of carbonyl (C=O) groups excluding carboxylic acids is 1. The molecule has 2 atom stereocenters. The number of carbonyl (C=O) groups is 1. The molecule has 26 heavy (non-hydrogen) atoms. The van der Waals surface area contributed by atoms with Crippen LogP contribution in [0.1, 0.15) is 52.0 Å². The molecule has 1 aromatic rings. The fourth-order valence-corrected chi connectivity index (χ4v) is 3.43. The maximum atomic E-state index is 11.9. The molecule has 2 N–H and O–H groups in total. The standard InChI is InChI=1S/C21H34N4O/c1-5-20(26)25-13-12-18(15-25)24-21(22-6-2)23-14-19(16(3)4)17-10-8-7-9-11-17/h7-11,16,18-19H,5-6,12-15H2,1-4H3,(H2,22,23,24). The van der Waals surface area contributed by atoms with Crippen molar-refractivity contribution in [3.63, 3.8) is 0 Å². The Morgan fingerprint density at radius 3 is 2.62 bits per heavy atom. The first-order chi connectivity index (χ1) is 12.5. The third kappa shape index (κ3) is 5.75. The van der Waals surface area contributed by atoms with Gasteiger partial charge >= 0.3 is 0 Å². The highest BCUT2D eigenvalue weighted by Crippen LogP contribution is 2.24. The summed E-state index contributed by atoms with van der Waals surface area (Å²) in [6, 6.07) is 10.9. The monoisotopic (exact) mass is 358 g/mol. The van der Waals surface area contributed by atoms with Gasteiger partial charge in [-0.25, -0.2) is 0 Å². The summed E-state index contributed by atoms with van der Waals surface area (Å²) in [6.07, 6.45) is 1.55. The van der Waals surface area contributed by atoms with Gasteiger partial charge in [-0.15, -0.1) is 0 Å². The number of nitrogens with one attached hydrogen (secondary N) is 2. The molecule has 2 rings (SSSR count). The first kappa shape index (κ1) is 20.3. The number of nitrogens with zero attached hydrogens (tertiary/aromatic N) is 2. The van der Waals surface area contributed by atoms with E-state index in [1.807, 2.05) is 11.8 Å². The highest BCUT2D eigenvalue weighted by Gasteiger charge is 2.26. The van der Waals surface area contributed by atoms with E-state index in [4.69, 9.17) is 4.99 Å². The van der Waals surface area contributed by atoms with Gasteiger partial charge in [0.25, 0.3) is 0 Å². The number of amides is 1. The van der Waals surface area contributed by atoms with Crippen molar-refractivity contribution in [3.8, 4) is 0 Å². The normalized spacial score (nSPS) is 18.9. The zero-order valence-electron chi connectivity index (χ0n) is 16.7. The zero-order chi connectivity index (χ0) is 18.9. The SMILES string of the molecule is CCNC(=NCC(c1ccccc1)C(C)C)NC1CCN(C(=O)CC)C1. The molecule has 0 radical (unpaired) electrons. The van der Waals surface area contributed by atoms with Crippen LogP contribution >= 0.6 is 0 Å². The molecule has 144 valence electrons. The molecule has 1 saturated heterocycles. The molecule has 1 heterocycles. The fraction of sp³-hybridized carbons (Fsp3) is 0.619. The van der Waals surface area contributed by atoms with Crippen molar-refractivity contribution in [1.82, 2.24) is 15.5 Å². The van der Waals surface area contributed by atoms with E-state index in [1.54, 1.807) is 0 Å². The average Bonchev–Trinajstić information content (AvgIpc) is 3.10. The Labute approximate surface area is 158 Å². The number of rotatable bonds is 7. The molecule has 0 spiro atoms. The van der Waals surface area contributed by atoms with E-state index in [2.05, 4.69) is 61.7 Å². The van der Waals surface area contributed by atoms with Crippen LogP contribution in [0.3, 0.4) is 0 Å². The molecule has 0 aliphatic carbocycles. The fourth-order valence-electron chi connectivity index (χ4n) is 3.43. The Bertz CT molecular complexity index is 585. The molecule has 1 aliphatic heterocycles. The highest BCUT2D eigenvalue weighted by atomic mass is 16.2. The van der Waals surface area contributed by atoms with E-state index in [0.29, 0.717) is 18.3 Å². The van der Waals surface area contributed by atoms with Crippen LogP contribution in [0, 0.1) is 5.92 Å². The number of aliphatic imine (C=N–C) groups is 1. The van der Waals surface area contributed by atoms with Crippen molar-refractivity contribution < 1.29 is 4.79 Å². The molecule has 0 aromatic heterocycles. The molecule has 1 aliphatic rings. The summed E-state index contributed by atoms with van der Waals surface area (Å²) >= 11 is 0. The third-order valence-corrected chi connectivity index (χ3v) is 5.01. The number of guanidine groups is 1. The summed E-state index contributed by atoms with van der Waals surface area (Å²) in [7, 11) is 0. The number of hydrogen-bond acceptors (Lipinski definition) is 2. The lowest BCUT2D eigenvalue weighted by molar-refractivity contribution is -0.129. The summed E-state index contributed by atoms with van der Waals surface area (Å²) in [5, 5.41) is 6.87.